The third kappa shape index (κ3) is 5.21. The van der Waals surface area contributed by atoms with Crippen LogP contribution < -0.4 is 5.32 Å². The van der Waals surface area contributed by atoms with Gasteiger partial charge in [0.15, 0.2) is 0 Å². The van der Waals surface area contributed by atoms with E-state index in [2.05, 4.69) is 26.1 Å². The molecule has 156 valence electrons. The lowest BCUT2D eigenvalue weighted by Gasteiger charge is -2.45. The molecule has 1 fully saturated rings. The molecule has 0 saturated carbocycles. The number of nitrogens with one attached hydrogen (secondary N) is 1. The minimum atomic E-state index is -0.879. The summed E-state index contributed by atoms with van der Waals surface area (Å²) in [6.45, 7) is 6.64. The van der Waals surface area contributed by atoms with Gasteiger partial charge in [0, 0.05) is 41.3 Å². The monoisotopic (exact) mass is 418 g/mol. The Morgan fingerprint density at radius 2 is 2.00 bits per heavy atom. The number of amides is 1. The summed E-state index contributed by atoms with van der Waals surface area (Å²) in [5.41, 5.74) is 2.12. The van der Waals surface area contributed by atoms with Gasteiger partial charge in [-0.25, -0.2) is 9.18 Å². The molecule has 2 aromatic carbocycles. The van der Waals surface area contributed by atoms with E-state index in [4.69, 9.17) is 11.6 Å². The Balaban J connectivity index is 1.81. The Bertz CT molecular complexity index is 881. The Hall–Kier alpha value is -2.27. The second-order valence-electron chi connectivity index (χ2n) is 8.80. The highest BCUT2D eigenvalue weighted by Gasteiger charge is 2.38. The van der Waals surface area contributed by atoms with Crippen molar-refractivity contribution in [1.82, 2.24) is 4.90 Å². The maximum Gasteiger partial charge on any atom is 0.407 e. The lowest BCUT2D eigenvalue weighted by Crippen LogP contribution is -2.54. The first kappa shape index (κ1) is 21.4. The quantitative estimate of drug-likeness (QED) is 0.636. The zero-order valence-electron chi connectivity index (χ0n) is 17.1. The number of benzene rings is 2. The SMILES string of the molecule is CC(C)(C)C1CC(Nc2cccc(F)c2Cc2cccc(Cl)c2)CCN1C(=O)O. The Labute approximate surface area is 176 Å². The normalized spacial score (nSPS) is 19.8. The number of carboxylic acid groups (broad SMARTS) is 1. The van der Waals surface area contributed by atoms with E-state index in [1.165, 1.54) is 11.0 Å². The van der Waals surface area contributed by atoms with E-state index in [0.29, 0.717) is 36.4 Å². The summed E-state index contributed by atoms with van der Waals surface area (Å²) in [5.74, 6) is -0.259. The van der Waals surface area contributed by atoms with Crippen molar-refractivity contribution in [1.29, 1.82) is 0 Å². The van der Waals surface area contributed by atoms with Crippen molar-refractivity contribution in [2.75, 3.05) is 11.9 Å². The maximum absolute atomic E-state index is 14.7. The summed E-state index contributed by atoms with van der Waals surface area (Å²) < 4.78 is 14.7. The van der Waals surface area contributed by atoms with Crippen LogP contribution in [0.2, 0.25) is 5.02 Å². The molecule has 0 aliphatic carbocycles. The molecule has 29 heavy (non-hydrogen) atoms. The summed E-state index contributed by atoms with van der Waals surface area (Å²) in [7, 11) is 0. The molecule has 6 heteroatoms. The number of hydrogen-bond acceptors (Lipinski definition) is 2. The minimum absolute atomic E-state index is 0.0785. The molecule has 2 N–H and O–H groups in total. The number of halogens is 2. The first-order valence-electron chi connectivity index (χ1n) is 9.93. The van der Waals surface area contributed by atoms with Gasteiger partial charge in [-0.15, -0.1) is 0 Å². The lowest BCUT2D eigenvalue weighted by atomic mass is 9.79. The molecule has 2 unspecified atom stereocenters. The van der Waals surface area contributed by atoms with Crippen LogP contribution in [0.3, 0.4) is 0 Å². The van der Waals surface area contributed by atoms with Crippen molar-refractivity contribution >= 4 is 23.4 Å². The van der Waals surface area contributed by atoms with E-state index in [1.54, 1.807) is 12.1 Å². The molecule has 3 rings (SSSR count). The van der Waals surface area contributed by atoms with Crippen LogP contribution in [0.25, 0.3) is 0 Å². The molecule has 1 aliphatic rings. The molecule has 2 atom stereocenters. The van der Waals surface area contributed by atoms with E-state index in [1.807, 2.05) is 24.3 Å². The molecule has 0 radical (unpaired) electrons. The third-order valence-electron chi connectivity index (χ3n) is 5.60. The number of rotatable bonds is 4. The van der Waals surface area contributed by atoms with Crippen LogP contribution in [-0.2, 0) is 6.42 Å². The minimum Gasteiger partial charge on any atom is -0.465 e. The Morgan fingerprint density at radius 3 is 2.66 bits per heavy atom. The molecule has 1 saturated heterocycles. The topological polar surface area (TPSA) is 52.6 Å². The van der Waals surface area contributed by atoms with Gasteiger partial charge in [0.1, 0.15) is 5.82 Å². The largest absolute Gasteiger partial charge is 0.465 e. The summed E-state index contributed by atoms with van der Waals surface area (Å²) >= 11 is 6.08. The van der Waals surface area contributed by atoms with Gasteiger partial charge in [-0.2, -0.15) is 0 Å². The van der Waals surface area contributed by atoms with E-state index < -0.39 is 6.09 Å². The molecular weight excluding hydrogens is 391 g/mol. The van der Waals surface area contributed by atoms with Crippen molar-refractivity contribution in [3.05, 3.63) is 64.4 Å². The number of anilines is 1. The van der Waals surface area contributed by atoms with E-state index in [0.717, 1.165) is 11.3 Å². The summed E-state index contributed by atoms with van der Waals surface area (Å²) in [5, 5.41) is 13.7. The average molecular weight is 419 g/mol. The van der Waals surface area contributed by atoms with Crippen molar-refractivity contribution in [2.24, 2.45) is 5.41 Å². The van der Waals surface area contributed by atoms with Crippen LogP contribution >= 0.6 is 11.6 Å². The van der Waals surface area contributed by atoms with Crippen LogP contribution in [0.4, 0.5) is 14.9 Å². The van der Waals surface area contributed by atoms with Crippen LogP contribution in [-0.4, -0.2) is 34.7 Å². The summed E-state index contributed by atoms with van der Waals surface area (Å²) in [6, 6.07) is 12.5. The highest BCUT2D eigenvalue weighted by atomic mass is 35.5. The number of nitrogens with zero attached hydrogens (tertiary/aromatic N) is 1. The summed E-state index contributed by atoms with van der Waals surface area (Å²) in [4.78, 5) is 13.2. The average Bonchev–Trinajstić information content (AvgIpc) is 2.64. The van der Waals surface area contributed by atoms with Gasteiger partial charge < -0.3 is 15.3 Å². The fraction of sp³-hybridized carbons (Fsp3) is 0.435. The molecule has 4 nitrogen and oxygen atoms in total. The second-order valence-corrected chi connectivity index (χ2v) is 9.23. The second kappa shape index (κ2) is 8.62. The highest BCUT2D eigenvalue weighted by Crippen LogP contribution is 2.34. The molecule has 0 aromatic heterocycles. The van der Waals surface area contributed by atoms with Gasteiger partial charge in [0.25, 0.3) is 0 Å². The van der Waals surface area contributed by atoms with E-state index >= 15 is 0 Å². The number of likely N-dealkylation sites (tertiary alicyclic amines) is 1. The van der Waals surface area contributed by atoms with Gasteiger partial charge in [-0.1, -0.05) is 50.6 Å². The summed E-state index contributed by atoms with van der Waals surface area (Å²) in [6.07, 6.45) is 0.928. The zero-order chi connectivity index (χ0) is 21.2. The van der Waals surface area contributed by atoms with E-state index in [-0.39, 0.29) is 23.3 Å². The number of hydrogen-bond donors (Lipinski definition) is 2. The van der Waals surface area contributed by atoms with Crippen molar-refractivity contribution in [3.8, 4) is 0 Å². The van der Waals surface area contributed by atoms with Crippen LogP contribution in [0.5, 0.6) is 0 Å². The molecular formula is C23H28ClFN2O2. The molecule has 1 amide bonds. The van der Waals surface area contributed by atoms with Gasteiger partial charge in [-0.05, 0) is 48.1 Å². The molecule has 1 heterocycles. The van der Waals surface area contributed by atoms with Crippen molar-refractivity contribution < 1.29 is 14.3 Å². The highest BCUT2D eigenvalue weighted by molar-refractivity contribution is 6.30. The fourth-order valence-corrected chi connectivity index (χ4v) is 4.30. The molecule has 0 bridgehead atoms. The van der Waals surface area contributed by atoms with Crippen molar-refractivity contribution in [2.45, 2.75) is 52.1 Å². The first-order chi connectivity index (χ1) is 13.6. The maximum atomic E-state index is 14.7. The van der Waals surface area contributed by atoms with Crippen molar-refractivity contribution in [3.63, 3.8) is 0 Å². The predicted molar refractivity (Wildman–Crippen MR) is 115 cm³/mol. The number of carbonyl (C=O) groups is 1. The predicted octanol–water partition coefficient (Wildman–Crippen LogP) is 6.04. The van der Waals surface area contributed by atoms with Gasteiger partial charge in [-0.3, -0.25) is 0 Å². The van der Waals surface area contributed by atoms with E-state index in [9.17, 15) is 14.3 Å². The Kier molecular flexibility index (Phi) is 6.37. The van der Waals surface area contributed by atoms with Gasteiger partial charge in [0.05, 0.1) is 0 Å². The molecule has 0 spiro atoms. The molecule has 2 aromatic rings. The zero-order valence-corrected chi connectivity index (χ0v) is 17.8. The number of piperidine rings is 1. The standard InChI is InChI=1S/C23H28ClFN2O2/c1-23(2,3)21-14-17(10-11-27(21)22(28)29)26-20-9-5-8-19(25)18(20)13-15-6-4-7-16(24)12-15/h4-9,12,17,21,26H,10-11,13-14H2,1-3H3,(H,28,29). The molecule has 1 aliphatic heterocycles. The first-order valence-corrected chi connectivity index (χ1v) is 10.3. The third-order valence-corrected chi connectivity index (χ3v) is 5.83. The Morgan fingerprint density at radius 1 is 1.28 bits per heavy atom. The van der Waals surface area contributed by atoms with Crippen LogP contribution in [0.1, 0.15) is 44.7 Å². The van der Waals surface area contributed by atoms with Gasteiger partial charge in [0.2, 0.25) is 0 Å². The smallest absolute Gasteiger partial charge is 0.407 e. The van der Waals surface area contributed by atoms with Gasteiger partial charge >= 0.3 is 6.09 Å². The lowest BCUT2D eigenvalue weighted by molar-refractivity contribution is 0.0557. The van der Waals surface area contributed by atoms with Crippen LogP contribution in [0, 0.1) is 11.2 Å². The van der Waals surface area contributed by atoms with Crippen LogP contribution in [0.15, 0.2) is 42.5 Å². The fourth-order valence-electron chi connectivity index (χ4n) is 4.09.